The first-order chi connectivity index (χ1) is 12.3. The predicted molar refractivity (Wildman–Crippen MR) is 108 cm³/mol. The summed E-state index contributed by atoms with van der Waals surface area (Å²) in [6.45, 7) is 8.94. The van der Waals surface area contributed by atoms with Crippen molar-refractivity contribution in [2.75, 3.05) is 11.7 Å². The van der Waals surface area contributed by atoms with Gasteiger partial charge in [0.1, 0.15) is 4.83 Å². The Morgan fingerprint density at radius 2 is 2.19 bits per heavy atom. The van der Waals surface area contributed by atoms with Crippen LogP contribution in [0.4, 0.5) is 5.82 Å². The standard InChI is InChI=1S/C18H26N4O2S2/c1-6-18(4)8-11-12(9-24-18)26-16-14(11)15(19-17(20-16)25-5)22-21-13(23)7-10(2)3/h10H,6-9H2,1-5H3,(H,21,23)(H,19,20,22). The van der Waals surface area contributed by atoms with Crippen molar-refractivity contribution < 1.29 is 9.53 Å². The van der Waals surface area contributed by atoms with E-state index in [1.54, 1.807) is 11.3 Å². The molecular formula is C18H26N4O2S2. The van der Waals surface area contributed by atoms with Crippen molar-refractivity contribution in [3.8, 4) is 0 Å². The summed E-state index contributed by atoms with van der Waals surface area (Å²) in [6.07, 6.45) is 4.20. The van der Waals surface area contributed by atoms with Gasteiger partial charge in [0, 0.05) is 17.7 Å². The van der Waals surface area contributed by atoms with Crippen LogP contribution in [0.15, 0.2) is 5.16 Å². The number of carbonyl (C=O) groups excluding carboxylic acids is 1. The first-order valence-corrected chi connectivity index (χ1v) is 10.9. The van der Waals surface area contributed by atoms with Gasteiger partial charge in [0.25, 0.3) is 0 Å². The zero-order chi connectivity index (χ0) is 18.9. The maximum atomic E-state index is 12.1. The Morgan fingerprint density at radius 1 is 1.42 bits per heavy atom. The fourth-order valence-electron chi connectivity index (χ4n) is 3.01. The number of thiophene rings is 1. The molecule has 1 aliphatic heterocycles. The minimum absolute atomic E-state index is 0.0386. The van der Waals surface area contributed by atoms with E-state index in [-0.39, 0.29) is 11.5 Å². The molecule has 0 saturated heterocycles. The maximum absolute atomic E-state index is 12.1. The second kappa shape index (κ2) is 7.70. The predicted octanol–water partition coefficient (Wildman–Crippen LogP) is 4.14. The number of nitrogens with zero attached hydrogens (tertiary/aromatic N) is 2. The number of thioether (sulfide) groups is 1. The van der Waals surface area contributed by atoms with Gasteiger partial charge in [-0.25, -0.2) is 9.97 Å². The third kappa shape index (κ3) is 3.97. The minimum atomic E-state index is -0.169. The van der Waals surface area contributed by atoms with E-state index < -0.39 is 0 Å². The number of hydrogen-bond donors (Lipinski definition) is 2. The summed E-state index contributed by atoms with van der Waals surface area (Å²) >= 11 is 3.15. The average molecular weight is 395 g/mol. The molecule has 1 aliphatic rings. The molecule has 3 heterocycles. The lowest BCUT2D eigenvalue weighted by atomic mass is 9.90. The second-order valence-electron chi connectivity index (χ2n) is 7.28. The van der Waals surface area contributed by atoms with E-state index in [1.807, 2.05) is 20.1 Å². The van der Waals surface area contributed by atoms with Gasteiger partial charge in [-0.05, 0) is 31.1 Å². The van der Waals surface area contributed by atoms with Crippen molar-refractivity contribution in [1.29, 1.82) is 0 Å². The number of ether oxygens (including phenoxy) is 1. The van der Waals surface area contributed by atoms with E-state index in [2.05, 4.69) is 34.7 Å². The van der Waals surface area contributed by atoms with Crippen molar-refractivity contribution in [2.45, 2.75) is 64.3 Å². The van der Waals surface area contributed by atoms with Crippen molar-refractivity contribution in [3.05, 3.63) is 10.4 Å². The number of amides is 1. The molecular weight excluding hydrogens is 368 g/mol. The minimum Gasteiger partial charge on any atom is -0.369 e. The Hall–Kier alpha value is -1.38. The number of rotatable bonds is 6. The number of hydrazine groups is 1. The molecule has 0 saturated carbocycles. The van der Waals surface area contributed by atoms with E-state index in [4.69, 9.17) is 4.74 Å². The van der Waals surface area contributed by atoms with Crippen molar-refractivity contribution in [2.24, 2.45) is 5.92 Å². The Kier molecular flexibility index (Phi) is 5.74. The number of hydrogen-bond acceptors (Lipinski definition) is 7. The number of anilines is 1. The number of nitrogens with one attached hydrogen (secondary N) is 2. The summed E-state index contributed by atoms with van der Waals surface area (Å²) in [5.74, 6) is 0.942. The van der Waals surface area contributed by atoms with Crippen LogP contribution in [0.5, 0.6) is 0 Å². The van der Waals surface area contributed by atoms with Crippen LogP contribution in [0.2, 0.25) is 0 Å². The molecule has 0 bridgehead atoms. The summed E-state index contributed by atoms with van der Waals surface area (Å²) in [6, 6.07) is 0. The lowest BCUT2D eigenvalue weighted by Crippen LogP contribution is -2.34. The highest BCUT2D eigenvalue weighted by Crippen LogP contribution is 2.42. The number of fused-ring (bicyclic) bond motifs is 3. The normalized spacial score (nSPS) is 19.6. The number of carbonyl (C=O) groups is 1. The fraction of sp³-hybridized carbons (Fsp3) is 0.611. The molecule has 0 aliphatic carbocycles. The summed E-state index contributed by atoms with van der Waals surface area (Å²) < 4.78 is 6.08. The summed E-state index contributed by atoms with van der Waals surface area (Å²) in [5.41, 5.74) is 6.92. The fourth-order valence-corrected chi connectivity index (χ4v) is 4.54. The smallest absolute Gasteiger partial charge is 0.238 e. The van der Waals surface area contributed by atoms with Crippen LogP contribution in [-0.4, -0.2) is 27.7 Å². The molecule has 0 spiro atoms. The summed E-state index contributed by atoms with van der Waals surface area (Å²) in [7, 11) is 0. The molecule has 8 heteroatoms. The van der Waals surface area contributed by atoms with Crippen LogP contribution < -0.4 is 10.9 Å². The zero-order valence-electron chi connectivity index (χ0n) is 15.9. The van der Waals surface area contributed by atoms with Crippen molar-refractivity contribution in [3.63, 3.8) is 0 Å². The van der Waals surface area contributed by atoms with Crippen LogP contribution in [-0.2, 0) is 22.6 Å². The molecule has 0 fully saturated rings. The largest absolute Gasteiger partial charge is 0.369 e. The molecule has 142 valence electrons. The second-order valence-corrected chi connectivity index (χ2v) is 9.14. The van der Waals surface area contributed by atoms with Crippen molar-refractivity contribution >= 4 is 45.0 Å². The van der Waals surface area contributed by atoms with Crippen molar-refractivity contribution in [1.82, 2.24) is 15.4 Å². The lowest BCUT2D eigenvalue weighted by Gasteiger charge is -2.33. The lowest BCUT2D eigenvalue weighted by molar-refractivity contribution is -0.121. The van der Waals surface area contributed by atoms with Gasteiger partial charge in [0.2, 0.25) is 5.91 Å². The maximum Gasteiger partial charge on any atom is 0.238 e. The third-order valence-electron chi connectivity index (χ3n) is 4.66. The van der Waals surface area contributed by atoms with Gasteiger partial charge in [-0.1, -0.05) is 32.5 Å². The van der Waals surface area contributed by atoms with Crippen LogP contribution in [0, 0.1) is 5.92 Å². The topological polar surface area (TPSA) is 76.1 Å². The highest BCUT2D eigenvalue weighted by molar-refractivity contribution is 7.98. The quantitative estimate of drug-likeness (QED) is 0.436. The summed E-state index contributed by atoms with van der Waals surface area (Å²) in [5, 5.41) is 1.70. The van der Waals surface area contributed by atoms with E-state index in [1.165, 1.54) is 22.2 Å². The molecule has 6 nitrogen and oxygen atoms in total. The van der Waals surface area contributed by atoms with Gasteiger partial charge in [0.15, 0.2) is 11.0 Å². The average Bonchev–Trinajstić information content (AvgIpc) is 2.96. The van der Waals surface area contributed by atoms with Gasteiger partial charge in [-0.2, -0.15) is 0 Å². The molecule has 0 aromatic carbocycles. The molecule has 2 aromatic heterocycles. The van der Waals surface area contributed by atoms with Crippen LogP contribution in [0.25, 0.3) is 10.2 Å². The third-order valence-corrected chi connectivity index (χ3v) is 6.31. The van der Waals surface area contributed by atoms with Gasteiger partial charge in [0.05, 0.1) is 17.6 Å². The Morgan fingerprint density at radius 3 is 2.85 bits per heavy atom. The molecule has 2 N–H and O–H groups in total. The molecule has 0 radical (unpaired) electrons. The number of aromatic nitrogens is 2. The molecule has 2 aromatic rings. The first kappa shape index (κ1) is 19.4. The van der Waals surface area contributed by atoms with Gasteiger partial charge < -0.3 is 4.74 Å². The zero-order valence-corrected chi connectivity index (χ0v) is 17.6. The highest BCUT2D eigenvalue weighted by Gasteiger charge is 2.33. The van der Waals surface area contributed by atoms with E-state index in [9.17, 15) is 4.79 Å². The molecule has 3 rings (SSSR count). The van der Waals surface area contributed by atoms with Crippen LogP contribution >= 0.6 is 23.1 Å². The molecule has 1 atom stereocenters. The van der Waals surface area contributed by atoms with E-state index in [0.29, 0.717) is 29.9 Å². The van der Waals surface area contributed by atoms with Gasteiger partial charge >= 0.3 is 0 Å². The van der Waals surface area contributed by atoms with Crippen LogP contribution in [0.3, 0.4) is 0 Å². The molecule has 1 amide bonds. The first-order valence-electron chi connectivity index (χ1n) is 8.90. The summed E-state index contributed by atoms with van der Waals surface area (Å²) in [4.78, 5) is 23.5. The SMILES string of the molecule is CCC1(C)Cc2c(sc3nc(SC)nc(NNC(=O)CC(C)C)c23)CO1. The highest BCUT2D eigenvalue weighted by atomic mass is 32.2. The van der Waals surface area contributed by atoms with Gasteiger partial charge in [-0.15, -0.1) is 11.3 Å². The van der Waals surface area contributed by atoms with E-state index >= 15 is 0 Å². The Balaban J connectivity index is 1.98. The monoisotopic (exact) mass is 394 g/mol. The Bertz CT molecular complexity index is 821. The Labute approximate surface area is 162 Å². The van der Waals surface area contributed by atoms with E-state index in [0.717, 1.165) is 23.1 Å². The van der Waals surface area contributed by atoms with Gasteiger partial charge in [-0.3, -0.25) is 15.6 Å². The molecule has 26 heavy (non-hydrogen) atoms. The molecule has 1 unspecified atom stereocenters. The van der Waals surface area contributed by atoms with Crippen LogP contribution in [0.1, 0.15) is 51.0 Å².